The van der Waals surface area contributed by atoms with Gasteiger partial charge in [-0.05, 0) is 30.6 Å². The maximum atomic E-state index is 8.96. The number of oxime groups is 1. The summed E-state index contributed by atoms with van der Waals surface area (Å²) >= 11 is 0. The van der Waals surface area contributed by atoms with Crippen LogP contribution in [0.3, 0.4) is 0 Å². The Labute approximate surface area is 84.4 Å². The van der Waals surface area contributed by atoms with Crippen molar-refractivity contribution in [3.05, 3.63) is 0 Å². The van der Waals surface area contributed by atoms with Crippen LogP contribution in [0.4, 0.5) is 0 Å². The molecule has 76 valence electrons. The molecule has 0 radical (unpaired) electrons. The quantitative estimate of drug-likeness (QED) is 0.512. The molecule has 0 amide bonds. The molecule has 0 saturated heterocycles. The first-order chi connectivity index (χ1) is 6.58. The lowest BCUT2D eigenvalue weighted by Crippen LogP contribution is -2.34. The first kappa shape index (κ1) is 9.51. The second-order valence-corrected chi connectivity index (χ2v) is 5.07. The van der Waals surface area contributed by atoms with E-state index in [1.54, 1.807) is 0 Å². The Balaban J connectivity index is 2.43. The van der Waals surface area contributed by atoms with Crippen molar-refractivity contribution in [2.24, 2.45) is 21.9 Å². The number of rotatable bonds is 1. The maximum Gasteiger partial charge on any atom is 0.0638 e. The molecule has 2 aliphatic carbocycles. The van der Waals surface area contributed by atoms with Crippen molar-refractivity contribution in [2.75, 3.05) is 0 Å². The highest BCUT2D eigenvalue weighted by Crippen LogP contribution is 2.65. The Bertz CT molecular complexity index is 331. The van der Waals surface area contributed by atoms with Crippen molar-refractivity contribution >= 4 is 5.71 Å². The summed E-state index contributed by atoms with van der Waals surface area (Å²) in [5.74, 6) is 0.540. The van der Waals surface area contributed by atoms with Gasteiger partial charge in [-0.25, -0.2) is 0 Å². The average molecular weight is 192 g/mol. The molecule has 14 heavy (non-hydrogen) atoms. The van der Waals surface area contributed by atoms with E-state index in [1.807, 2.05) is 0 Å². The average Bonchev–Trinajstić information content (AvgIpc) is 2.51. The van der Waals surface area contributed by atoms with Gasteiger partial charge in [0.2, 0.25) is 0 Å². The van der Waals surface area contributed by atoms with Crippen molar-refractivity contribution < 1.29 is 5.21 Å². The zero-order valence-electron chi connectivity index (χ0n) is 8.75. The number of nitrogens with zero attached hydrogens (tertiary/aromatic N) is 2. The predicted molar refractivity (Wildman–Crippen MR) is 53.0 cm³/mol. The molecule has 3 nitrogen and oxygen atoms in total. The van der Waals surface area contributed by atoms with Gasteiger partial charge in [0.05, 0.1) is 11.8 Å². The third kappa shape index (κ3) is 0.841. The van der Waals surface area contributed by atoms with Gasteiger partial charge in [0.25, 0.3) is 0 Å². The molecule has 0 aromatic heterocycles. The Morgan fingerprint density at radius 1 is 1.64 bits per heavy atom. The number of nitriles is 1. The van der Waals surface area contributed by atoms with Crippen LogP contribution in [0.15, 0.2) is 5.16 Å². The molecule has 0 aliphatic heterocycles. The summed E-state index contributed by atoms with van der Waals surface area (Å²) < 4.78 is 0. The zero-order chi connectivity index (χ0) is 10.4. The summed E-state index contributed by atoms with van der Waals surface area (Å²) in [6.45, 7) is 4.32. The normalized spacial score (nSPS) is 48.4. The summed E-state index contributed by atoms with van der Waals surface area (Å²) in [7, 11) is 0. The molecule has 3 heteroatoms. The van der Waals surface area contributed by atoms with Crippen molar-refractivity contribution in [3.8, 4) is 6.07 Å². The number of fused-ring (bicyclic) bond motifs is 2. The lowest BCUT2D eigenvalue weighted by atomic mass is 9.67. The lowest BCUT2D eigenvalue weighted by Gasteiger charge is -2.35. The monoisotopic (exact) mass is 192 g/mol. The van der Waals surface area contributed by atoms with Gasteiger partial charge < -0.3 is 5.21 Å². The van der Waals surface area contributed by atoms with Crippen molar-refractivity contribution in [3.63, 3.8) is 0 Å². The van der Waals surface area contributed by atoms with E-state index in [-0.39, 0.29) is 10.8 Å². The van der Waals surface area contributed by atoms with Crippen LogP contribution >= 0.6 is 0 Å². The maximum absolute atomic E-state index is 8.96. The molecule has 0 spiro atoms. The van der Waals surface area contributed by atoms with E-state index >= 15 is 0 Å². The minimum Gasteiger partial charge on any atom is -0.411 e. The Kier molecular flexibility index (Phi) is 1.85. The van der Waals surface area contributed by atoms with Gasteiger partial charge in [-0.15, -0.1) is 0 Å². The fourth-order valence-corrected chi connectivity index (χ4v) is 3.43. The summed E-state index contributed by atoms with van der Waals surface area (Å²) in [5.41, 5.74) is 0.900. The van der Waals surface area contributed by atoms with Gasteiger partial charge in [0, 0.05) is 11.8 Å². The Hall–Kier alpha value is -1.04. The fourth-order valence-electron chi connectivity index (χ4n) is 3.43. The minimum absolute atomic E-state index is 0.0311. The fraction of sp³-hybridized carbons (Fsp3) is 0.818. The van der Waals surface area contributed by atoms with E-state index in [4.69, 9.17) is 10.5 Å². The molecule has 1 N–H and O–H groups in total. The van der Waals surface area contributed by atoms with Crippen molar-refractivity contribution in [1.82, 2.24) is 0 Å². The largest absolute Gasteiger partial charge is 0.411 e. The van der Waals surface area contributed by atoms with E-state index in [0.717, 1.165) is 18.6 Å². The highest BCUT2D eigenvalue weighted by molar-refractivity contribution is 5.93. The zero-order valence-corrected chi connectivity index (χ0v) is 8.75. The van der Waals surface area contributed by atoms with Gasteiger partial charge in [-0.1, -0.05) is 19.0 Å². The molecule has 0 aromatic carbocycles. The van der Waals surface area contributed by atoms with Crippen LogP contribution in [0, 0.1) is 28.1 Å². The highest BCUT2D eigenvalue weighted by Gasteiger charge is 2.62. The first-order valence-electron chi connectivity index (χ1n) is 5.17. The van der Waals surface area contributed by atoms with E-state index in [9.17, 15) is 0 Å². The first-order valence-corrected chi connectivity index (χ1v) is 5.17. The second-order valence-electron chi connectivity index (χ2n) is 5.07. The third-order valence-electron chi connectivity index (χ3n) is 4.80. The van der Waals surface area contributed by atoms with Crippen LogP contribution < -0.4 is 0 Å². The standard InChI is InChI=1S/C11H16N2O/c1-10(5-6-12)8-3-4-11(10,2)9(7-8)13-14/h8,14H,3-5,7H2,1-2H3/b13-9+/t8-,10-,11-/m1/s1. The Morgan fingerprint density at radius 3 is 2.86 bits per heavy atom. The molecular formula is C11H16N2O. The molecule has 2 saturated carbocycles. The SMILES string of the molecule is C[C@@]12CC[C@H](C/C1=N\O)[C@@]2(C)CC#N. The molecular weight excluding hydrogens is 176 g/mol. The number of hydrogen-bond donors (Lipinski definition) is 1. The molecule has 0 unspecified atom stereocenters. The molecule has 2 rings (SSSR count). The predicted octanol–water partition coefficient (Wildman–Crippen LogP) is 2.56. The smallest absolute Gasteiger partial charge is 0.0638 e. The van der Waals surface area contributed by atoms with Crippen LogP contribution in [-0.4, -0.2) is 10.9 Å². The van der Waals surface area contributed by atoms with Gasteiger partial charge >= 0.3 is 0 Å². The van der Waals surface area contributed by atoms with E-state index in [0.29, 0.717) is 12.3 Å². The van der Waals surface area contributed by atoms with Crippen LogP contribution in [0.25, 0.3) is 0 Å². The van der Waals surface area contributed by atoms with E-state index < -0.39 is 0 Å². The molecule has 0 aromatic rings. The molecule has 2 fully saturated rings. The van der Waals surface area contributed by atoms with Crippen molar-refractivity contribution in [1.29, 1.82) is 5.26 Å². The van der Waals surface area contributed by atoms with Crippen LogP contribution in [0.1, 0.15) is 39.5 Å². The molecule has 3 atom stereocenters. The van der Waals surface area contributed by atoms with Crippen molar-refractivity contribution in [2.45, 2.75) is 39.5 Å². The third-order valence-corrected chi connectivity index (χ3v) is 4.80. The number of hydrogen-bond acceptors (Lipinski definition) is 3. The van der Waals surface area contributed by atoms with Crippen LogP contribution in [0.2, 0.25) is 0 Å². The van der Waals surface area contributed by atoms with Gasteiger partial charge in [-0.3, -0.25) is 0 Å². The lowest BCUT2D eigenvalue weighted by molar-refractivity contribution is 0.168. The molecule has 2 bridgehead atoms. The van der Waals surface area contributed by atoms with Gasteiger partial charge in [0.1, 0.15) is 0 Å². The van der Waals surface area contributed by atoms with Gasteiger partial charge in [0.15, 0.2) is 0 Å². The van der Waals surface area contributed by atoms with Gasteiger partial charge in [-0.2, -0.15) is 5.26 Å². The molecule has 0 heterocycles. The second kappa shape index (κ2) is 2.73. The summed E-state index contributed by atoms with van der Waals surface area (Å²) in [6.07, 6.45) is 3.70. The summed E-state index contributed by atoms with van der Waals surface area (Å²) in [6, 6.07) is 2.28. The summed E-state index contributed by atoms with van der Waals surface area (Å²) in [4.78, 5) is 0. The van der Waals surface area contributed by atoms with Crippen LogP contribution in [-0.2, 0) is 0 Å². The van der Waals surface area contributed by atoms with E-state index in [1.165, 1.54) is 6.42 Å². The molecule has 2 aliphatic rings. The van der Waals surface area contributed by atoms with E-state index in [2.05, 4.69) is 25.1 Å². The topological polar surface area (TPSA) is 56.4 Å². The highest BCUT2D eigenvalue weighted by atomic mass is 16.4. The Morgan fingerprint density at radius 2 is 2.36 bits per heavy atom. The minimum atomic E-state index is -0.0395. The summed E-state index contributed by atoms with van der Waals surface area (Å²) in [5, 5.41) is 21.3. The van der Waals surface area contributed by atoms with Crippen LogP contribution in [0.5, 0.6) is 0 Å².